The van der Waals surface area contributed by atoms with E-state index in [9.17, 15) is 4.79 Å². The molecule has 1 fully saturated rings. The van der Waals surface area contributed by atoms with E-state index in [0.717, 1.165) is 54.5 Å². The van der Waals surface area contributed by atoms with Crippen LogP contribution in [0.3, 0.4) is 0 Å². The first-order valence-electron chi connectivity index (χ1n) is 12.4. The number of amides is 1. The molecule has 3 heterocycles. The number of carbonyl (C=O) groups is 1. The molecule has 3 aromatic rings. The van der Waals surface area contributed by atoms with E-state index in [1.165, 1.54) is 4.88 Å². The number of hydrogen-bond acceptors (Lipinski definition) is 6. The molecule has 2 aromatic heterocycles. The van der Waals surface area contributed by atoms with Gasteiger partial charge in [-0.25, -0.2) is 4.99 Å². The number of morpholine rings is 1. The SMILES string of the molecule is CC(C)(C)[C@H]1CCc2c(sc(N=Cc3ccc(N4CCOCC4)o3)c2C(=O)Nc2ccccc2)C1. The summed E-state index contributed by atoms with van der Waals surface area (Å²) in [5.41, 5.74) is 2.89. The van der Waals surface area contributed by atoms with Crippen LogP contribution < -0.4 is 10.2 Å². The Morgan fingerprint density at radius 2 is 1.91 bits per heavy atom. The number of fused-ring (bicyclic) bond motifs is 1. The van der Waals surface area contributed by atoms with Crippen molar-refractivity contribution in [2.45, 2.75) is 40.0 Å². The molecule has 1 aliphatic heterocycles. The van der Waals surface area contributed by atoms with E-state index in [0.29, 0.717) is 30.5 Å². The van der Waals surface area contributed by atoms with Gasteiger partial charge in [0.2, 0.25) is 0 Å². The molecule has 35 heavy (non-hydrogen) atoms. The summed E-state index contributed by atoms with van der Waals surface area (Å²) >= 11 is 1.65. The number of hydrogen-bond donors (Lipinski definition) is 1. The van der Waals surface area contributed by atoms with Crippen LogP contribution in [-0.2, 0) is 17.6 Å². The molecule has 1 aromatic carbocycles. The van der Waals surface area contributed by atoms with Gasteiger partial charge in [0, 0.05) is 29.7 Å². The highest BCUT2D eigenvalue weighted by atomic mass is 32.1. The Morgan fingerprint density at radius 1 is 1.14 bits per heavy atom. The number of nitrogens with one attached hydrogen (secondary N) is 1. The van der Waals surface area contributed by atoms with Gasteiger partial charge >= 0.3 is 0 Å². The second-order valence-electron chi connectivity index (χ2n) is 10.3. The monoisotopic (exact) mass is 491 g/mol. The summed E-state index contributed by atoms with van der Waals surface area (Å²) in [5, 5.41) is 3.83. The zero-order valence-corrected chi connectivity index (χ0v) is 21.5. The first kappa shape index (κ1) is 23.8. The fraction of sp³-hybridized carbons (Fsp3) is 0.429. The Labute approximate surface area is 211 Å². The van der Waals surface area contributed by atoms with Gasteiger partial charge in [0.25, 0.3) is 5.91 Å². The van der Waals surface area contributed by atoms with Gasteiger partial charge in [-0.05, 0) is 54.4 Å². The largest absolute Gasteiger partial charge is 0.440 e. The molecule has 7 heteroatoms. The third kappa shape index (κ3) is 5.36. The summed E-state index contributed by atoms with van der Waals surface area (Å²) in [4.78, 5) is 21.7. The van der Waals surface area contributed by atoms with E-state index < -0.39 is 0 Å². The van der Waals surface area contributed by atoms with E-state index in [1.807, 2.05) is 42.5 Å². The first-order chi connectivity index (χ1) is 16.9. The number of anilines is 2. The molecule has 1 N–H and O–H groups in total. The molecule has 5 rings (SSSR count). The topological polar surface area (TPSA) is 67.1 Å². The van der Waals surface area contributed by atoms with E-state index in [-0.39, 0.29) is 11.3 Å². The molecular formula is C28H33N3O3S. The Morgan fingerprint density at radius 3 is 2.66 bits per heavy atom. The van der Waals surface area contributed by atoms with Crippen molar-refractivity contribution in [2.75, 3.05) is 36.5 Å². The van der Waals surface area contributed by atoms with Crippen LogP contribution in [0, 0.1) is 11.3 Å². The minimum Gasteiger partial charge on any atom is -0.440 e. The Kier molecular flexibility index (Phi) is 6.80. The zero-order chi connectivity index (χ0) is 24.4. The normalized spacial score (nSPS) is 18.6. The molecule has 6 nitrogen and oxygen atoms in total. The van der Waals surface area contributed by atoms with Crippen LogP contribution in [0.25, 0.3) is 0 Å². The lowest BCUT2D eigenvalue weighted by molar-refractivity contribution is 0.102. The molecule has 0 saturated carbocycles. The molecule has 0 unspecified atom stereocenters. The van der Waals surface area contributed by atoms with Gasteiger partial charge in [0.15, 0.2) is 5.88 Å². The van der Waals surface area contributed by atoms with Crippen LogP contribution in [0.4, 0.5) is 16.6 Å². The Hall–Kier alpha value is -2.90. The predicted octanol–water partition coefficient (Wildman–Crippen LogP) is 6.33. The van der Waals surface area contributed by atoms with Crippen molar-refractivity contribution in [2.24, 2.45) is 16.3 Å². The molecule has 0 bridgehead atoms. The highest BCUT2D eigenvalue weighted by molar-refractivity contribution is 7.16. The van der Waals surface area contributed by atoms with Gasteiger partial charge in [0.05, 0.1) is 25.0 Å². The molecule has 2 aliphatic rings. The van der Waals surface area contributed by atoms with Crippen molar-refractivity contribution in [3.05, 3.63) is 64.2 Å². The van der Waals surface area contributed by atoms with Gasteiger partial charge in [-0.2, -0.15) is 0 Å². The van der Waals surface area contributed by atoms with E-state index >= 15 is 0 Å². The summed E-state index contributed by atoms with van der Waals surface area (Å²) in [6.45, 7) is 9.98. The maximum absolute atomic E-state index is 13.4. The van der Waals surface area contributed by atoms with E-state index in [1.54, 1.807) is 17.6 Å². The van der Waals surface area contributed by atoms with Gasteiger partial charge in [-0.15, -0.1) is 11.3 Å². The first-order valence-corrected chi connectivity index (χ1v) is 13.2. The van der Waals surface area contributed by atoms with Gasteiger partial charge in [0.1, 0.15) is 10.8 Å². The van der Waals surface area contributed by atoms with Crippen molar-refractivity contribution in [3.8, 4) is 0 Å². The second-order valence-corrected chi connectivity index (χ2v) is 11.4. The number of nitrogens with zero attached hydrogens (tertiary/aromatic N) is 2. The average Bonchev–Trinajstić information content (AvgIpc) is 3.47. The number of aliphatic imine (C=N–C) groups is 1. The summed E-state index contributed by atoms with van der Waals surface area (Å²) in [6.07, 6.45) is 4.72. The number of rotatable bonds is 5. The fourth-order valence-corrected chi connectivity index (χ4v) is 6.11. The number of para-hydroxylation sites is 1. The molecule has 1 saturated heterocycles. The lowest BCUT2D eigenvalue weighted by atomic mass is 9.72. The van der Waals surface area contributed by atoms with Crippen LogP contribution in [0.15, 0.2) is 51.9 Å². The average molecular weight is 492 g/mol. The summed E-state index contributed by atoms with van der Waals surface area (Å²) < 4.78 is 11.5. The summed E-state index contributed by atoms with van der Waals surface area (Å²) in [7, 11) is 0. The number of carbonyl (C=O) groups excluding carboxylic acids is 1. The number of benzene rings is 1. The van der Waals surface area contributed by atoms with Crippen molar-refractivity contribution in [1.82, 2.24) is 0 Å². The van der Waals surface area contributed by atoms with Gasteiger partial charge < -0.3 is 19.4 Å². The standard InChI is InChI=1S/C28H33N3O3S/c1-28(2,3)19-9-11-22-23(17-19)35-27(25(22)26(32)30-20-7-5-4-6-8-20)29-18-21-10-12-24(34-21)31-13-15-33-16-14-31/h4-8,10,12,18-19H,9,11,13-17H2,1-3H3,(H,30,32)/t19-/m0/s1. The van der Waals surface area contributed by atoms with Crippen molar-refractivity contribution < 1.29 is 13.9 Å². The highest BCUT2D eigenvalue weighted by Crippen LogP contribution is 2.45. The van der Waals surface area contributed by atoms with Crippen LogP contribution in [-0.4, -0.2) is 38.4 Å². The summed E-state index contributed by atoms with van der Waals surface area (Å²) in [5.74, 6) is 2.01. The Bertz CT molecular complexity index is 1200. The van der Waals surface area contributed by atoms with Crippen molar-refractivity contribution in [1.29, 1.82) is 0 Å². The molecule has 0 spiro atoms. The van der Waals surface area contributed by atoms with Crippen LogP contribution >= 0.6 is 11.3 Å². The molecule has 0 radical (unpaired) electrons. The van der Waals surface area contributed by atoms with E-state index in [2.05, 4.69) is 31.0 Å². The minimum absolute atomic E-state index is 0.0940. The van der Waals surface area contributed by atoms with Crippen molar-refractivity contribution >= 4 is 40.0 Å². The zero-order valence-electron chi connectivity index (χ0n) is 20.7. The second kappa shape index (κ2) is 9.99. The lowest BCUT2D eigenvalue weighted by Gasteiger charge is -2.33. The smallest absolute Gasteiger partial charge is 0.259 e. The Balaban J connectivity index is 1.43. The number of ether oxygens (including phenoxy) is 1. The maximum Gasteiger partial charge on any atom is 0.259 e. The molecular weight excluding hydrogens is 458 g/mol. The van der Waals surface area contributed by atoms with Crippen LogP contribution in [0.1, 0.15) is 53.8 Å². The molecule has 1 amide bonds. The van der Waals surface area contributed by atoms with Crippen LogP contribution in [0.5, 0.6) is 0 Å². The number of thiophene rings is 1. The molecule has 184 valence electrons. The van der Waals surface area contributed by atoms with Gasteiger partial charge in [-0.3, -0.25) is 4.79 Å². The quantitative estimate of drug-likeness (QED) is 0.424. The van der Waals surface area contributed by atoms with Gasteiger partial charge in [-0.1, -0.05) is 39.0 Å². The third-order valence-corrected chi connectivity index (χ3v) is 8.14. The van der Waals surface area contributed by atoms with Crippen molar-refractivity contribution in [3.63, 3.8) is 0 Å². The third-order valence-electron chi connectivity index (χ3n) is 6.97. The van der Waals surface area contributed by atoms with E-state index in [4.69, 9.17) is 14.1 Å². The van der Waals surface area contributed by atoms with Crippen LogP contribution in [0.2, 0.25) is 0 Å². The minimum atomic E-state index is -0.0940. The molecule has 1 atom stereocenters. The molecule has 1 aliphatic carbocycles. The summed E-state index contributed by atoms with van der Waals surface area (Å²) in [6, 6.07) is 13.5. The predicted molar refractivity (Wildman–Crippen MR) is 143 cm³/mol. The lowest BCUT2D eigenvalue weighted by Crippen LogP contribution is -2.35. The number of furan rings is 1. The highest BCUT2D eigenvalue weighted by Gasteiger charge is 2.33. The fourth-order valence-electron chi connectivity index (χ4n) is 4.84. The maximum atomic E-state index is 13.4.